The van der Waals surface area contributed by atoms with E-state index in [9.17, 15) is 14.7 Å². The molecule has 1 aliphatic rings. The minimum absolute atomic E-state index is 0.216. The monoisotopic (exact) mass is 284 g/mol. The summed E-state index contributed by atoms with van der Waals surface area (Å²) in [5.41, 5.74) is 0.216. The number of amides is 2. The highest BCUT2D eigenvalue weighted by Gasteiger charge is 2.37. The van der Waals surface area contributed by atoms with Gasteiger partial charge in [0.15, 0.2) is 0 Å². The van der Waals surface area contributed by atoms with E-state index < -0.39 is 12.0 Å². The van der Waals surface area contributed by atoms with Gasteiger partial charge in [-0.25, -0.2) is 9.59 Å². The Labute approximate surface area is 121 Å². The molecule has 1 rings (SSSR count). The van der Waals surface area contributed by atoms with Gasteiger partial charge in [0, 0.05) is 13.1 Å². The van der Waals surface area contributed by atoms with Crippen LogP contribution >= 0.6 is 0 Å². The standard InChI is InChI=1S/C15H28N2O3/c1-5-15(6-2)7-8-17(10-15)14(20)16-12(13(18)19)9-11(3)4/h11-12H,5-10H2,1-4H3,(H,16,20)(H,18,19)/t12-/m0/s1. The van der Waals surface area contributed by atoms with Gasteiger partial charge in [-0.15, -0.1) is 0 Å². The van der Waals surface area contributed by atoms with Gasteiger partial charge in [-0.2, -0.15) is 0 Å². The Kier molecular flexibility index (Phi) is 5.84. The molecule has 0 saturated carbocycles. The molecule has 0 aromatic rings. The minimum atomic E-state index is -0.955. The molecular formula is C15H28N2O3. The normalized spacial score (nSPS) is 19.1. The maximum absolute atomic E-state index is 12.2. The van der Waals surface area contributed by atoms with Crippen LogP contribution in [0.15, 0.2) is 0 Å². The molecule has 20 heavy (non-hydrogen) atoms. The van der Waals surface area contributed by atoms with Crippen LogP contribution in [0.4, 0.5) is 4.79 Å². The molecule has 1 fully saturated rings. The highest BCUT2D eigenvalue weighted by atomic mass is 16.4. The van der Waals surface area contributed by atoms with Crippen molar-refractivity contribution in [2.45, 2.75) is 59.4 Å². The summed E-state index contributed by atoms with van der Waals surface area (Å²) < 4.78 is 0. The van der Waals surface area contributed by atoms with Gasteiger partial charge < -0.3 is 15.3 Å². The van der Waals surface area contributed by atoms with E-state index in [4.69, 9.17) is 0 Å². The van der Waals surface area contributed by atoms with Crippen molar-refractivity contribution in [3.05, 3.63) is 0 Å². The number of rotatable bonds is 6. The molecule has 1 atom stereocenters. The van der Waals surface area contributed by atoms with Crippen LogP contribution in [-0.2, 0) is 4.79 Å². The number of likely N-dealkylation sites (tertiary alicyclic amines) is 1. The number of urea groups is 1. The molecule has 5 heteroatoms. The van der Waals surface area contributed by atoms with Gasteiger partial charge in [-0.3, -0.25) is 0 Å². The number of hydrogen-bond acceptors (Lipinski definition) is 2. The van der Waals surface area contributed by atoms with Crippen LogP contribution in [0.3, 0.4) is 0 Å². The average molecular weight is 284 g/mol. The number of aliphatic carboxylic acids is 1. The smallest absolute Gasteiger partial charge is 0.326 e. The van der Waals surface area contributed by atoms with Crippen LogP contribution in [0, 0.1) is 11.3 Å². The molecule has 5 nitrogen and oxygen atoms in total. The van der Waals surface area contributed by atoms with Crippen molar-refractivity contribution in [2.75, 3.05) is 13.1 Å². The Morgan fingerprint density at radius 2 is 1.90 bits per heavy atom. The molecule has 2 N–H and O–H groups in total. The van der Waals surface area contributed by atoms with Crippen LogP contribution in [0.25, 0.3) is 0 Å². The van der Waals surface area contributed by atoms with Crippen LogP contribution in [0.5, 0.6) is 0 Å². The molecule has 2 amide bonds. The first-order chi connectivity index (χ1) is 9.33. The lowest BCUT2D eigenvalue weighted by Gasteiger charge is -2.27. The highest BCUT2D eigenvalue weighted by Crippen LogP contribution is 2.36. The molecule has 0 spiro atoms. The van der Waals surface area contributed by atoms with Crippen molar-refractivity contribution in [1.82, 2.24) is 10.2 Å². The topological polar surface area (TPSA) is 69.6 Å². The third-order valence-corrected chi connectivity index (χ3v) is 4.53. The molecule has 0 unspecified atom stereocenters. The summed E-state index contributed by atoms with van der Waals surface area (Å²) in [4.78, 5) is 25.2. The van der Waals surface area contributed by atoms with Crippen molar-refractivity contribution >= 4 is 12.0 Å². The van der Waals surface area contributed by atoms with E-state index in [-0.39, 0.29) is 17.4 Å². The largest absolute Gasteiger partial charge is 0.480 e. The summed E-state index contributed by atoms with van der Waals surface area (Å²) >= 11 is 0. The zero-order valence-electron chi connectivity index (χ0n) is 13.1. The van der Waals surface area contributed by atoms with E-state index in [0.29, 0.717) is 6.42 Å². The first-order valence-electron chi connectivity index (χ1n) is 7.61. The van der Waals surface area contributed by atoms with Crippen LogP contribution in [-0.4, -0.2) is 41.1 Å². The van der Waals surface area contributed by atoms with Crippen molar-refractivity contribution in [3.8, 4) is 0 Å². The van der Waals surface area contributed by atoms with E-state index >= 15 is 0 Å². The van der Waals surface area contributed by atoms with Crippen molar-refractivity contribution < 1.29 is 14.7 Å². The lowest BCUT2D eigenvalue weighted by Crippen LogP contribution is -2.48. The predicted octanol–water partition coefficient (Wildman–Crippen LogP) is 2.71. The summed E-state index contributed by atoms with van der Waals surface area (Å²) in [6.07, 6.45) is 3.58. The zero-order valence-corrected chi connectivity index (χ0v) is 13.1. The first kappa shape index (κ1) is 16.8. The molecule has 1 saturated heterocycles. The van der Waals surface area contributed by atoms with Gasteiger partial charge in [0.05, 0.1) is 0 Å². The van der Waals surface area contributed by atoms with Crippen LogP contribution in [0.2, 0.25) is 0 Å². The number of carbonyl (C=O) groups excluding carboxylic acids is 1. The van der Waals surface area contributed by atoms with E-state index in [2.05, 4.69) is 19.2 Å². The predicted molar refractivity (Wildman–Crippen MR) is 78.6 cm³/mol. The summed E-state index contributed by atoms with van der Waals surface area (Å²) in [5.74, 6) is -0.719. The molecule has 0 aliphatic carbocycles. The number of nitrogens with one attached hydrogen (secondary N) is 1. The number of carbonyl (C=O) groups is 2. The Hall–Kier alpha value is -1.26. The lowest BCUT2D eigenvalue weighted by molar-refractivity contribution is -0.139. The molecule has 0 bridgehead atoms. The molecule has 116 valence electrons. The van der Waals surface area contributed by atoms with Gasteiger partial charge in [0.1, 0.15) is 6.04 Å². The van der Waals surface area contributed by atoms with E-state index in [1.165, 1.54) is 0 Å². The second kappa shape index (κ2) is 6.95. The third-order valence-electron chi connectivity index (χ3n) is 4.53. The van der Waals surface area contributed by atoms with Crippen molar-refractivity contribution in [3.63, 3.8) is 0 Å². The summed E-state index contributed by atoms with van der Waals surface area (Å²) in [6.45, 7) is 9.68. The summed E-state index contributed by atoms with van der Waals surface area (Å²) in [5, 5.41) is 11.8. The van der Waals surface area contributed by atoms with Crippen LogP contribution < -0.4 is 5.32 Å². The third kappa shape index (κ3) is 4.12. The molecule has 1 aliphatic heterocycles. The maximum Gasteiger partial charge on any atom is 0.326 e. The summed E-state index contributed by atoms with van der Waals surface area (Å²) in [7, 11) is 0. The lowest BCUT2D eigenvalue weighted by atomic mass is 9.82. The Morgan fingerprint density at radius 1 is 1.30 bits per heavy atom. The van der Waals surface area contributed by atoms with Crippen LogP contribution in [0.1, 0.15) is 53.4 Å². The Bertz CT molecular complexity index is 351. The fraction of sp³-hybridized carbons (Fsp3) is 0.867. The fourth-order valence-electron chi connectivity index (χ4n) is 2.87. The van der Waals surface area contributed by atoms with Crippen molar-refractivity contribution in [1.29, 1.82) is 0 Å². The number of carboxylic acids is 1. The van der Waals surface area contributed by atoms with E-state index in [0.717, 1.165) is 32.4 Å². The van der Waals surface area contributed by atoms with Gasteiger partial charge >= 0.3 is 12.0 Å². The van der Waals surface area contributed by atoms with Gasteiger partial charge in [0.2, 0.25) is 0 Å². The number of hydrogen-bond donors (Lipinski definition) is 2. The molecule has 0 radical (unpaired) electrons. The fourth-order valence-corrected chi connectivity index (χ4v) is 2.87. The zero-order chi connectivity index (χ0) is 15.3. The summed E-state index contributed by atoms with van der Waals surface area (Å²) in [6, 6.07) is -1.03. The van der Waals surface area contributed by atoms with Gasteiger partial charge in [-0.05, 0) is 37.0 Å². The maximum atomic E-state index is 12.2. The molecular weight excluding hydrogens is 256 g/mol. The quantitative estimate of drug-likeness (QED) is 0.788. The average Bonchev–Trinajstić information content (AvgIpc) is 2.82. The second-order valence-electron chi connectivity index (χ2n) is 6.35. The first-order valence-corrected chi connectivity index (χ1v) is 7.61. The Morgan fingerprint density at radius 3 is 2.30 bits per heavy atom. The number of nitrogens with zero attached hydrogens (tertiary/aromatic N) is 1. The minimum Gasteiger partial charge on any atom is -0.480 e. The van der Waals surface area contributed by atoms with Gasteiger partial charge in [0.25, 0.3) is 0 Å². The molecule has 0 aromatic carbocycles. The second-order valence-corrected chi connectivity index (χ2v) is 6.35. The van der Waals surface area contributed by atoms with Crippen molar-refractivity contribution in [2.24, 2.45) is 11.3 Å². The highest BCUT2D eigenvalue weighted by molar-refractivity contribution is 5.82. The Balaban J connectivity index is 2.60. The molecule has 0 aromatic heterocycles. The van der Waals surface area contributed by atoms with Gasteiger partial charge in [-0.1, -0.05) is 27.7 Å². The SMILES string of the molecule is CCC1(CC)CCN(C(=O)N[C@@H](CC(C)C)C(=O)O)C1. The number of carboxylic acid groups (broad SMARTS) is 1. The van der Waals surface area contributed by atoms with E-state index in [1.54, 1.807) is 4.90 Å². The van der Waals surface area contributed by atoms with E-state index in [1.807, 2.05) is 13.8 Å². The molecule has 1 heterocycles.